The zero-order chi connectivity index (χ0) is 8.48. The van der Waals surface area contributed by atoms with Crippen molar-refractivity contribution in [3.05, 3.63) is 29.8 Å². The normalized spacial score (nSPS) is 11.5. The molecule has 2 N–H and O–H groups in total. The van der Waals surface area contributed by atoms with Crippen LogP contribution in [0.4, 0.5) is 5.69 Å². The summed E-state index contributed by atoms with van der Waals surface area (Å²) in [4.78, 5) is 0. The van der Waals surface area contributed by atoms with E-state index in [9.17, 15) is 0 Å². The van der Waals surface area contributed by atoms with Gasteiger partial charge in [0.2, 0.25) is 0 Å². The van der Waals surface area contributed by atoms with E-state index < -0.39 is 0 Å². The van der Waals surface area contributed by atoms with E-state index >= 15 is 0 Å². The molecule has 0 fully saturated rings. The maximum Gasteiger partial charge on any atom is 0.0323 e. The fourth-order valence-electron chi connectivity index (χ4n) is 0.924. The Morgan fingerprint density at radius 2 is 1.91 bits per heavy atom. The van der Waals surface area contributed by atoms with Crippen molar-refractivity contribution < 1.29 is 0 Å². The SMILES string of the molecule is CC(C)(C)c1c[c]cc(N)c1. The molecule has 0 bridgehead atoms. The quantitative estimate of drug-likeness (QED) is 0.561. The minimum absolute atomic E-state index is 0.172. The molecule has 0 heterocycles. The first-order valence-corrected chi connectivity index (χ1v) is 3.77. The Labute approximate surface area is 68.2 Å². The van der Waals surface area contributed by atoms with Crippen LogP contribution < -0.4 is 5.73 Å². The van der Waals surface area contributed by atoms with Gasteiger partial charge in [0.15, 0.2) is 0 Å². The van der Waals surface area contributed by atoms with Crippen LogP contribution in [0.3, 0.4) is 0 Å². The Hall–Kier alpha value is -0.980. The molecule has 0 aliphatic carbocycles. The first-order chi connectivity index (χ1) is 5.00. The highest BCUT2D eigenvalue weighted by Gasteiger charge is 2.12. The highest BCUT2D eigenvalue weighted by Crippen LogP contribution is 2.22. The van der Waals surface area contributed by atoms with Crippen LogP contribution in [0.1, 0.15) is 26.3 Å². The summed E-state index contributed by atoms with van der Waals surface area (Å²) >= 11 is 0. The molecule has 0 amide bonds. The summed E-state index contributed by atoms with van der Waals surface area (Å²) in [5, 5.41) is 0. The lowest BCUT2D eigenvalue weighted by molar-refractivity contribution is 0.590. The molecule has 11 heavy (non-hydrogen) atoms. The summed E-state index contributed by atoms with van der Waals surface area (Å²) < 4.78 is 0. The van der Waals surface area contributed by atoms with Crippen LogP contribution in [0, 0.1) is 6.07 Å². The summed E-state index contributed by atoms with van der Waals surface area (Å²) in [5.74, 6) is 0. The van der Waals surface area contributed by atoms with Crippen LogP contribution in [-0.4, -0.2) is 0 Å². The van der Waals surface area contributed by atoms with Gasteiger partial charge in [0.1, 0.15) is 0 Å². The average molecular weight is 148 g/mol. The topological polar surface area (TPSA) is 26.0 Å². The number of nitrogens with two attached hydrogens (primary N) is 1. The zero-order valence-electron chi connectivity index (χ0n) is 7.31. The molecule has 59 valence electrons. The largest absolute Gasteiger partial charge is 0.399 e. The summed E-state index contributed by atoms with van der Waals surface area (Å²) in [6.07, 6.45) is 0. The van der Waals surface area contributed by atoms with Crippen molar-refractivity contribution in [3.8, 4) is 0 Å². The molecule has 0 spiro atoms. The Morgan fingerprint density at radius 3 is 2.27 bits per heavy atom. The molecule has 1 radical (unpaired) electrons. The molecule has 1 rings (SSSR count). The Kier molecular flexibility index (Phi) is 1.90. The maximum atomic E-state index is 5.62. The fourth-order valence-corrected chi connectivity index (χ4v) is 0.924. The molecule has 1 aromatic carbocycles. The lowest BCUT2D eigenvalue weighted by Gasteiger charge is -2.18. The molecule has 0 unspecified atom stereocenters. The number of hydrogen-bond acceptors (Lipinski definition) is 1. The van der Waals surface area contributed by atoms with E-state index in [0.29, 0.717) is 0 Å². The number of benzene rings is 1. The zero-order valence-corrected chi connectivity index (χ0v) is 7.31. The van der Waals surface area contributed by atoms with Gasteiger partial charge in [-0.25, -0.2) is 0 Å². The van der Waals surface area contributed by atoms with Crippen molar-refractivity contribution >= 4 is 5.69 Å². The molecule has 1 aromatic rings. The molecule has 1 heteroatoms. The van der Waals surface area contributed by atoms with Gasteiger partial charge in [-0.05, 0) is 29.2 Å². The van der Waals surface area contributed by atoms with Crippen molar-refractivity contribution in [2.24, 2.45) is 0 Å². The molecule has 0 saturated heterocycles. The van der Waals surface area contributed by atoms with Crippen LogP contribution in [-0.2, 0) is 5.41 Å². The van der Waals surface area contributed by atoms with E-state index in [1.807, 2.05) is 12.1 Å². The molecular weight excluding hydrogens is 134 g/mol. The summed E-state index contributed by atoms with van der Waals surface area (Å²) in [7, 11) is 0. The monoisotopic (exact) mass is 148 g/mol. The minimum Gasteiger partial charge on any atom is -0.399 e. The van der Waals surface area contributed by atoms with Crippen LogP contribution in [0.15, 0.2) is 18.2 Å². The van der Waals surface area contributed by atoms with E-state index in [0.717, 1.165) is 5.69 Å². The molecule has 0 aromatic heterocycles. The van der Waals surface area contributed by atoms with Crippen molar-refractivity contribution in [1.29, 1.82) is 0 Å². The molecule has 1 nitrogen and oxygen atoms in total. The number of hydrogen-bond donors (Lipinski definition) is 1. The van der Waals surface area contributed by atoms with Gasteiger partial charge < -0.3 is 5.73 Å². The molecule has 0 aliphatic rings. The minimum atomic E-state index is 0.172. The van der Waals surface area contributed by atoms with Crippen LogP contribution in [0.2, 0.25) is 0 Å². The van der Waals surface area contributed by atoms with Crippen LogP contribution in [0.5, 0.6) is 0 Å². The van der Waals surface area contributed by atoms with Crippen molar-refractivity contribution in [1.82, 2.24) is 0 Å². The standard InChI is InChI=1S/C10H14N/c1-10(2,3)8-5-4-6-9(11)7-8/h5-7H,11H2,1-3H3. The van der Waals surface area contributed by atoms with Gasteiger partial charge in [-0.3, -0.25) is 0 Å². The lowest BCUT2D eigenvalue weighted by Crippen LogP contribution is -2.11. The van der Waals surface area contributed by atoms with Gasteiger partial charge in [0.25, 0.3) is 0 Å². The number of nitrogen functional groups attached to an aromatic ring is 1. The smallest absolute Gasteiger partial charge is 0.0323 e. The second-order valence-electron chi connectivity index (χ2n) is 3.81. The van der Waals surface area contributed by atoms with Crippen molar-refractivity contribution in [2.75, 3.05) is 5.73 Å². The van der Waals surface area contributed by atoms with E-state index in [1.165, 1.54) is 5.56 Å². The van der Waals surface area contributed by atoms with E-state index in [2.05, 4.69) is 26.8 Å². The molecule has 0 atom stereocenters. The predicted molar refractivity (Wildman–Crippen MR) is 48.4 cm³/mol. The first-order valence-electron chi connectivity index (χ1n) is 3.77. The third-order valence-corrected chi connectivity index (χ3v) is 1.68. The first kappa shape index (κ1) is 8.12. The lowest BCUT2D eigenvalue weighted by atomic mass is 9.87. The van der Waals surface area contributed by atoms with Crippen LogP contribution in [0.25, 0.3) is 0 Å². The average Bonchev–Trinajstić information content (AvgIpc) is 1.86. The van der Waals surface area contributed by atoms with E-state index in [1.54, 1.807) is 6.07 Å². The fraction of sp³-hybridized carbons (Fsp3) is 0.400. The van der Waals surface area contributed by atoms with Gasteiger partial charge in [-0.2, -0.15) is 0 Å². The van der Waals surface area contributed by atoms with Crippen molar-refractivity contribution in [2.45, 2.75) is 26.2 Å². The second kappa shape index (κ2) is 2.57. The Bertz CT molecular complexity index is 245. The Balaban J connectivity index is 3.06. The summed E-state index contributed by atoms with van der Waals surface area (Å²) in [5.41, 5.74) is 7.82. The second-order valence-corrected chi connectivity index (χ2v) is 3.81. The molecule has 0 saturated carbocycles. The van der Waals surface area contributed by atoms with Gasteiger partial charge in [-0.15, -0.1) is 0 Å². The van der Waals surface area contributed by atoms with Gasteiger partial charge >= 0.3 is 0 Å². The maximum absolute atomic E-state index is 5.62. The number of rotatable bonds is 0. The molecular formula is C10H14N. The van der Waals surface area contributed by atoms with Crippen molar-refractivity contribution in [3.63, 3.8) is 0 Å². The van der Waals surface area contributed by atoms with E-state index in [4.69, 9.17) is 5.73 Å². The van der Waals surface area contributed by atoms with Gasteiger partial charge in [-0.1, -0.05) is 26.8 Å². The van der Waals surface area contributed by atoms with Gasteiger partial charge in [0, 0.05) is 5.69 Å². The highest BCUT2D eigenvalue weighted by atomic mass is 14.5. The van der Waals surface area contributed by atoms with E-state index in [-0.39, 0.29) is 5.41 Å². The third kappa shape index (κ3) is 1.97. The number of anilines is 1. The molecule has 0 aliphatic heterocycles. The summed E-state index contributed by atoms with van der Waals surface area (Å²) in [6, 6.07) is 8.78. The van der Waals surface area contributed by atoms with Crippen LogP contribution >= 0.6 is 0 Å². The third-order valence-electron chi connectivity index (χ3n) is 1.68. The highest BCUT2D eigenvalue weighted by molar-refractivity contribution is 5.42. The predicted octanol–water partition coefficient (Wildman–Crippen LogP) is 2.37. The Morgan fingerprint density at radius 1 is 1.27 bits per heavy atom. The summed E-state index contributed by atoms with van der Waals surface area (Å²) in [6.45, 7) is 6.49. The van der Waals surface area contributed by atoms with Gasteiger partial charge in [0.05, 0.1) is 0 Å².